The van der Waals surface area contributed by atoms with Gasteiger partial charge in [-0.3, -0.25) is 9.69 Å². The highest BCUT2D eigenvalue weighted by molar-refractivity contribution is 6.32. The summed E-state index contributed by atoms with van der Waals surface area (Å²) in [5.74, 6) is 1.43. The predicted octanol–water partition coefficient (Wildman–Crippen LogP) is 3.58. The van der Waals surface area contributed by atoms with Crippen LogP contribution in [-0.4, -0.2) is 54.4 Å². The normalized spacial score (nSPS) is 20.0. The third-order valence-electron chi connectivity index (χ3n) is 5.35. The van der Waals surface area contributed by atoms with E-state index in [9.17, 15) is 9.90 Å². The molecule has 1 saturated heterocycles. The third-order valence-corrected chi connectivity index (χ3v) is 5.66. The summed E-state index contributed by atoms with van der Waals surface area (Å²) >= 11 is 6.17. The van der Waals surface area contributed by atoms with Crippen molar-refractivity contribution in [1.29, 1.82) is 0 Å². The van der Waals surface area contributed by atoms with Gasteiger partial charge in [0.05, 0.1) is 10.7 Å². The summed E-state index contributed by atoms with van der Waals surface area (Å²) in [6, 6.07) is 14.8. The first-order valence-corrected chi connectivity index (χ1v) is 10.8. The van der Waals surface area contributed by atoms with Gasteiger partial charge in [-0.05, 0) is 43.5 Å². The number of hydrogen-bond acceptors (Lipinski definition) is 5. The lowest BCUT2D eigenvalue weighted by molar-refractivity contribution is -0.117. The number of carbonyl (C=O) groups is 1. The Balaban J connectivity index is 1.23. The monoisotopic (exact) mass is 430 g/mol. The van der Waals surface area contributed by atoms with Gasteiger partial charge in [0, 0.05) is 25.6 Å². The predicted molar refractivity (Wildman–Crippen MR) is 116 cm³/mol. The van der Waals surface area contributed by atoms with E-state index in [-0.39, 0.29) is 24.5 Å². The van der Waals surface area contributed by atoms with Crippen LogP contribution in [-0.2, 0) is 4.79 Å². The van der Waals surface area contributed by atoms with Crippen LogP contribution in [0.3, 0.4) is 0 Å². The number of carbonyl (C=O) groups excluding carboxylic acids is 1. The summed E-state index contributed by atoms with van der Waals surface area (Å²) < 4.78 is 11.8. The molecular weight excluding hydrogens is 404 g/mol. The number of nitrogens with zero attached hydrogens (tertiary/aromatic N) is 1. The molecule has 1 aliphatic carbocycles. The summed E-state index contributed by atoms with van der Waals surface area (Å²) in [6.45, 7) is 2.23. The molecule has 1 heterocycles. The van der Waals surface area contributed by atoms with Gasteiger partial charge in [0.15, 0.2) is 0 Å². The van der Waals surface area contributed by atoms with Crippen LogP contribution in [0.25, 0.3) is 0 Å². The molecule has 2 unspecified atom stereocenters. The summed E-state index contributed by atoms with van der Waals surface area (Å²) in [5, 5.41) is 14.0. The largest absolute Gasteiger partial charge is 0.489 e. The van der Waals surface area contributed by atoms with Gasteiger partial charge in [0.1, 0.15) is 30.3 Å². The number of aliphatic hydroxyl groups is 1. The van der Waals surface area contributed by atoms with Crippen LogP contribution in [0.5, 0.6) is 11.5 Å². The zero-order chi connectivity index (χ0) is 20.9. The molecule has 7 heteroatoms. The second-order valence-electron chi connectivity index (χ2n) is 7.94. The van der Waals surface area contributed by atoms with Crippen LogP contribution in [0.15, 0.2) is 48.5 Å². The van der Waals surface area contributed by atoms with E-state index >= 15 is 0 Å². The van der Waals surface area contributed by atoms with Crippen molar-refractivity contribution < 1.29 is 19.4 Å². The number of ether oxygens (including phenoxy) is 2. The van der Waals surface area contributed by atoms with Crippen molar-refractivity contribution in [2.45, 2.75) is 31.5 Å². The van der Waals surface area contributed by atoms with Gasteiger partial charge < -0.3 is 19.9 Å². The second-order valence-corrected chi connectivity index (χ2v) is 8.35. The zero-order valence-corrected chi connectivity index (χ0v) is 17.6. The number of hydrogen-bond donors (Lipinski definition) is 2. The molecule has 30 heavy (non-hydrogen) atoms. The topological polar surface area (TPSA) is 71.0 Å². The van der Waals surface area contributed by atoms with Crippen LogP contribution < -0.4 is 14.8 Å². The Kier molecular flexibility index (Phi) is 6.77. The number of para-hydroxylation sites is 3. The van der Waals surface area contributed by atoms with E-state index in [1.807, 2.05) is 42.5 Å². The maximum Gasteiger partial charge on any atom is 0.227 e. The first kappa shape index (κ1) is 21.0. The van der Waals surface area contributed by atoms with Gasteiger partial charge in [-0.1, -0.05) is 35.9 Å². The molecule has 160 valence electrons. The lowest BCUT2D eigenvalue weighted by atomic mass is 10.2. The maximum absolute atomic E-state index is 12.0. The van der Waals surface area contributed by atoms with E-state index in [1.54, 1.807) is 6.07 Å². The Labute approximate surface area is 181 Å². The third kappa shape index (κ3) is 5.65. The van der Waals surface area contributed by atoms with Crippen molar-refractivity contribution in [1.82, 2.24) is 4.90 Å². The number of β-amino-alcohol motifs (C(OH)–C–C–N with tert-alkyl or cyclic N) is 1. The quantitative estimate of drug-likeness (QED) is 0.636. The molecule has 6 nitrogen and oxygen atoms in total. The van der Waals surface area contributed by atoms with Crippen molar-refractivity contribution in [3.8, 4) is 11.5 Å². The van der Waals surface area contributed by atoms with Crippen molar-refractivity contribution in [3.63, 3.8) is 0 Å². The molecule has 2 atom stereocenters. The fourth-order valence-electron chi connectivity index (χ4n) is 3.59. The molecule has 2 aromatic rings. The number of anilines is 1. The molecule has 1 amide bonds. The SMILES string of the molecule is O=C(Nc1ccccc1OCC(O)CN1CCC(Oc2ccccc2Cl)C1)C1CC1. The van der Waals surface area contributed by atoms with Gasteiger partial charge in [-0.2, -0.15) is 0 Å². The van der Waals surface area contributed by atoms with E-state index in [4.69, 9.17) is 21.1 Å². The van der Waals surface area contributed by atoms with E-state index in [0.29, 0.717) is 28.8 Å². The van der Waals surface area contributed by atoms with Crippen LogP contribution >= 0.6 is 11.6 Å². The molecule has 1 saturated carbocycles. The molecule has 1 aliphatic heterocycles. The molecule has 0 radical (unpaired) electrons. The molecule has 4 rings (SSSR count). The van der Waals surface area contributed by atoms with Crippen molar-refractivity contribution >= 4 is 23.2 Å². The lowest BCUT2D eigenvalue weighted by Crippen LogP contribution is -2.35. The highest BCUT2D eigenvalue weighted by Gasteiger charge is 2.30. The van der Waals surface area contributed by atoms with Gasteiger partial charge in [-0.25, -0.2) is 0 Å². The Bertz CT molecular complexity index is 874. The highest BCUT2D eigenvalue weighted by Crippen LogP contribution is 2.32. The first-order valence-electron chi connectivity index (χ1n) is 10.4. The summed E-state index contributed by atoms with van der Waals surface area (Å²) in [5.41, 5.74) is 0.649. The van der Waals surface area contributed by atoms with E-state index in [1.165, 1.54) is 0 Å². The Morgan fingerprint density at radius 2 is 1.87 bits per heavy atom. The smallest absolute Gasteiger partial charge is 0.227 e. The minimum Gasteiger partial charge on any atom is -0.489 e. The number of nitrogens with one attached hydrogen (secondary N) is 1. The summed E-state index contributed by atoms with van der Waals surface area (Å²) in [7, 11) is 0. The minimum absolute atomic E-state index is 0.0354. The minimum atomic E-state index is -0.642. The van der Waals surface area contributed by atoms with E-state index < -0.39 is 6.10 Å². The van der Waals surface area contributed by atoms with Crippen LogP contribution in [0.2, 0.25) is 5.02 Å². The molecule has 2 fully saturated rings. The summed E-state index contributed by atoms with van der Waals surface area (Å²) in [4.78, 5) is 14.2. The first-order chi connectivity index (χ1) is 14.6. The van der Waals surface area contributed by atoms with Gasteiger partial charge in [0.25, 0.3) is 0 Å². The van der Waals surface area contributed by atoms with Gasteiger partial charge >= 0.3 is 0 Å². The molecule has 2 aromatic carbocycles. The van der Waals surface area contributed by atoms with Gasteiger partial charge in [0.2, 0.25) is 5.91 Å². The van der Waals surface area contributed by atoms with E-state index in [0.717, 1.165) is 32.4 Å². The molecule has 0 bridgehead atoms. The molecule has 2 N–H and O–H groups in total. The molecule has 2 aliphatic rings. The number of halogens is 1. The van der Waals surface area contributed by atoms with Crippen LogP contribution in [0.1, 0.15) is 19.3 Å². The zero-order valence-electron chi connectivity index (χ0n) is 16.8. The number of aliphatic hydroxyl groups excluding tert-OH is 1. The fraction of sp³-hybridized carbons (Fsp3) is 0.435. The highest BCUT2D eigenvalue weighted by atomic mass is 35.5. The average molecular weight is 431 g/mol. The van der Waals surface area contributed by atoms with Gasteiger partial charge in [-0.15, -0.1) is 0 Å². The second kappa shape index (κ2) is 9.69. The Hall–Kier alpha value is -2.28. The number of benzene rings is 2. The standard InChI is InChI=1S/C23H27ClN2O4/c24-19-5-1-3-7-21(19)30-18-11-12-26(14-18)13-17(27)15-29-22-8-4-2-6-20(22)25-23(28)16-9-10-16/h1-8,16-18,27H,9-15H2,(H,25,28). The number of rotatable bonds is 9. The summed E-state index contributed by atoms with van der Waals surface area (Å²) in [6.07, 6.45) is 2.19. The Morgan fingerprint density at radius 3 is 2.63 bits per heavy atom. The van der Waals surface area contributed by atoms with Crippen LogP contribution in [0.4, 0.5) is 5.69 Å². The van der Waals surface area contributed by atoms with Crippen LogP contribution in [0, 0.1) is 5.92 Å². The molecular formula is C23H27ClN2O4. The number of amides is 1. The maximum atomic E-state index is 12.0. The lowest BCUT2D eigenvalue weighted by Gasteiger charge is -2.21. The average Bonchev–Trinajstić information content (AvgIpc) is 3.50. The molecule has 0 spiro atoms. The molecule has 0 aromatic heterocycles. The van der Waals surface area contributed by atoms with Crippen molar-refractivity contribution in [3.05, 3.63) is 53.6 Å². The number of likely N-dealkylation sites (tertiary alicyclic amines) is 1. The van der Waals surface area contributed by atoms with Crippen molar-refractivity contribution in [2.24, 2.45) is 5.92 Å². The van der Waals surface area contributed by atoms with Crippen molar-refractivity contribution in [2.75, 3.05) is 31.6 Å². The fourth-order valence-corrected chi connectivity index (χ4v) is 3.77. The Morgan fingerprint density at radius 1 is 1.13 bits per heavy atom. The van der Waals surface area contributed by atoms with E-state index in [2.05, 4.69) is 10.2 Å².